The van der Waals surface area contributed by atoms with Crippen LogP contribution < -0.4 is 15.3 Å². The van der Waals surface area contributed by atoms with Crippen LogP contribution >= 0.6 is 7.87 Å². The van der Waals surface area contributed by atoms with Crippen molar-refractivity contribution in [1.82, 2.24) is 10.4 Å². The fraction of sp³-hybridized carbons (Fsp3) is 0.174. The van der Waals surface area contributed by atoms with Gasteiger partial charge in [0.1, 0.15) is 6.61 Å². The van der Waals surface area contributed by atoms with Crippen LogP contribution in [0.15, 0.2) is 91.0 Å². The van der Waals surface area contributed by atoms with E-state index in [1.54, 1.807) is 66.7 Å². The second-order valence-corrected chi connectivity index (χ2v) is 9.10. The van der Waals surface area contributed by atoms with Gasteiger partial charge in [0.2, 0.25) is 7.87 Å². The van der Waals surface area contributed by atoms with Crippen LogP contribution in [0.25, 0.3) is 0 Å². The van der Waals surface area contributed by atoms with Crippen molar-refractivity contribution in [2.75, 3.05) is 0 Å². The number of benzene rings is 3. The second kappa shape index (κ2) is 10.6. The first-order chi connectivity index (χ1) is 15.3. The molecule has 2 atom stereocenters. The average molecular weight is 460 g/mol. The van der Waals surface area contributed by atoms with Crippen molar-refractivity contribution in [3.8, 4) is 0 Å². The molecule has 0 heterocycles. The third kappa shape index (κ3) is 6.08. The molecule has 0 aliphatic rings. The van der Waals surface area contributed by atoms with Crippen LogP contribution in [0.5, 0.6) is 0 Å². The second-order valence-electron chi connectivity index (χ2n) is 7.03. The Morgan fingerprint density at radius 1 is 0.938 bits per heavy atom. The summed E-state index contributed by atoms with van der Waals surface area (Å²) in [6.07, 6.45) is -1.13. The SMILES string of the molecule is O=C(N[C@H](c1ccccc1)C(F)(F)[P+]([O-])(O)NCc1ccccc1)OCc1ccccc1. The molecule has 0 aliphatic carbocycles. The highest BCUT2D eigenvalue weighted by atomic mass is 31.2. The van der Waals surface area contributed by atoms with Crippen molar-refractivity contribution in [1.29, 1.82) is 0 Å². The number of hydrogen-bond donors (Lipinski definition) is 3. The molecule has 1 unspecified atom stereocenters. The first-order valence-corrected chi connectivity index (χ1v) is 11.5. The predicted molar refractivity (Wildman–Crippen MR) is 116 cm³/mol. The van der Waals surface area contributed by atoms with E-state index in [1.165, 1.54) is 24.3 Å². The number of amides is 1. The zero-order chi connectivity index (χ0) is 23.0. The molecule has 0 saturated carbocycles. The molecule has 9 heteroatoms. The fourth-order valence-electron chi connectivity index (χ4n) is 2.97. The van der Waals surface area contributed by atoms with Crippen molar-refractivity contribution < 1.29 is 28.1 Å². The Morgan fingerprint density at radius 2 is 1.44 bits per heavy atom. The van der Waals surface area contributed by atoms with Gasteiger partial charge in [-0.3, -0.25) is 0 Å². The number of rotatable bonds is 9. The van der Waals surface area contributed by atoms with E-state index in [0.717, 1.165) is 0 Å². The van der Waals surface area contributed by atoms with E-state index in [2.05, 4.69) is 10.4 Å². The first-order valence-electron chi connectivity index (χ1n) is 9.81. The number of hydrogen-bond acceptors (Lipinski definition) is 5. The van der Waals surface area contributed by atoms with Crippen LogP contribution in [-0.2, 0) is 17.9 Å². The van der Waals surface area contributed by atoms with Gasteiger partial charge >= 0.3 is 11.8 Å². The lowest BCUT2D eigenvalue weighted by molar-refractivity contribution is -0.217. The topological polar surface area (TPSA) is 93.7 Å². The molecule has 0 spiro atoms. The minimum atomic E-state index is -5.27. The van der Waals surface area contributed by atoms with Crippen molar-refractivity contribution in [2.45, 2.75) is 24.9 Å². The number of ether oxygens (including phenoxy) is 1. The zero-order valence-electron chi connectivity index (χ0n) is 17.0. The van der Waals surface area contributed by atoms with Gasteiger partial charge in [-0.25, -0.2) is 9.69 Å². The molecule has 3 aromatic rings. The molecule has 0 radical (unpaired) electrons. The highest BCUT2D eigenvalue weighted by Gasteiger charge is 2.61. The summed E-state index contributed by atoms with van der Waals surface area (Å²) in [5, 5.41) is 4.13. The van der Waals surface area contributed by atoms with E-state index in [-0.39, 0.29) is 18.7 Å². The van der Waals surface area contributed by atoms with E-state index < -0.39 is 25.7 Å². The number of halogens is 2. The standard InChI is InChI=1S/C23H23F2N2O4P/c24-23(25,32(29,30)26-16-18-10-4-1-5-11-18)21(20-14-8-3-9-15-20)27-22(28)31-17-19-12-6-2-7-13-19/h1-15,21H,16-17H2,(H,27,28)(H2,26,29,30)/t21-/m1/s1. The third-order valence-corrected chi connectivity index (χ3v) is 6.35. The van der Waals surface area contributed by atoms with Crippen LogP contribution in [0.1, 0.15) is 22.7 Å². The molecule has 0 bridgehead atoms. The summed E-state index contributed by atoms with van der Waals surface area (Å²) in [4.78, 5) is 35.2. The maximum atomic E-state index is 15.3. The van der Waals surface area contributed by atoms with Gasteiger partial charge in [-0.1, -0.05) is 91.0 Å². The zero-order valence-corrected chi connectivity index (χ0v) is 17.9. The Morgan fingerprint density at radius 3 is 2.00 bits per heavy atom. The predicted octanol–water partition coefficient (Wildman–Crippen LogP) is 4.15. The van der Waals surface area contributed by atoms with Crippen molar-refractivity contribution in [3.05, 3.63) is 108 Å². The quantitative estimate of drug-likeness (QED) is 0.417. The van der Waals surface area contributed by atoms with E-state index in [0.29, 0.717) is 11.1 Å². The van der Waals surface area contributed by atoms with Gasteiger partial charge in [-0.05, 0) is 16.7 Å². The molecular formula is C23H23F2N2O4P. The smallest absolute Gasteiger partial charge is 0.415 e. The number of carbonyl (C=O) groups excluding carboxylic acids is 1. The summed E-state index contributed by atoms with van der Waals surface area (Å²) < 4.78 is 35.7. The summed E-state index contributed by atoms with van der Waals surface area (Å²) in [6.45, 7) is -0.382. The monoisotopic (exact) mass is 460 g/mol. The Kier molecular flexibility index (Phi) is 7.88. The minimum Gasteiger partial charge on any atom is -0.637 e. The number of carbonyl (C=O) groups is 1. The highest BCUT2D eigenvalue weighted by Crippen LogP contribution is 2.62. The van der Waals surface area contributed by atoms with Crippen molar-refractivity contribution in [2.24, 2.45) is 0 Å². The van der Waals surface area contributed by atoms with E-state index >= 15 is 8.78 Å². The number of alkyl halides is 2. The normalized spacial score (nSPS) is 14.2. The average Bonchev–Trinajstić information content (AvgIpc) is 2.81. The Bertz CT molecular complexity index is 993. The molecular weight excluding hydrogens is 437 g/mol. The number of alkyl carbamates (subject to hydrolysis) is 1. The molecule has 0 aromatic heterocycles. The van der Waals surface area contributed by atoms with Gasteiger partial charge in [-0.2, -0.15) is 13.9 Å². The lowest BCUT2D eigenvalue weighted by Crippen LogP contribution is -2.48. The van der Waals surface area contributed by atoms with Gasteiger partial charge in [0.05, 0.1) is 6.54 Å². The molecule has 3 rings (SSSR count). The van der Waals surface area contributed by atoms with Crippen LogP contribution in [0.2, 0.25) is 0 Å². The molecule has 3 aromatic carbocycles. The molecule has 0 saturated heterocycles. The number of nitrogens with one attached hydrogen (secondary N) is 2. The molecule has 6 nitrogen and oxygen atoms in total. The van der Waals surface area contributed by atoms with E-state index in [9.17, 15) is 14.6 Å². The summed E-state index contributed by atoms with van der Waals surface area (Å²) in [5.41, 5.74) is -3.04. The maximum absolute atomic E-state index is 15.3. The molecule has 1 amide bonds. The summed E-state index contributed by atoms with van der Waals surface area (Å²) >= 11 is 0. The van der Waals surface area contributed by atoms with E-state index in [1.807, 2.05) is 0 Å². The lowest BCUT2D eigenvalue weighted by atomic mass is 10.1. The molecule has 32 heavy (non-hydrogen) atoms. The molecule has 0 fully saturated rings. The van der Waals surface area contributed by atoms with E-state index in [4.69, 9.17) is 4.74 Å². The van der Waals surface area contributed by atoms with Gasteiger partial charge in [0.15, 0.2) is 6.04 Å². The van der Waals surface area contributed by atoms with Gasteiger partial charge in [0.25, 0.3) is 0 Å². The van der Waals surface area contributed by atoms with Gasteiger partial charge in [-0.15, -0.1) is 0 Å². The lowest BCUT2D eigenvalue weighted by Gasteiger charge is -2.36. The Labute approximate surface area is 185 Å². The Hall–Kier alpha value is -2.90. The summed E-state index contributed by atoms with van der Waals surface area (Å²) in [5.74, 6) is 0. The van der Waals surface area contributed by atoms with Gasteiger partial charge in [0, 0.05) is 0 Å². The summed E-state index contributed by atoms with van der Waals surface area (Å²) in [7, 11) is -5.27. The molecule has 168 valence electrons. The first kappa shape index (κ1) is 23.8. The van der Waals surface area contributed by atoms with Crippen molar-refractivity contribution >= 4 is 14.0 Å². The minimum absolute atomic E-state index is 0.0371. The Balaban J connectivity index is 1.76. The van der Waals surface area contributed by atoms with Crippen LogP contribution in [0.3, 0.4) is 0 Å². The molecule has 0 aliphatic heterocycles. The van der Waals surface area contributed by atoms with Crippen LogP contribution in [-0.4, -0.2) is 16.7 Å². The fourth-order valence-corrected chi connectivity index (χ4v) is 4.14. The van der Waals surface area contributed by atoms with Crippen LogP contribution in [0, 0.1) is 0 Å². The van der Waals surface area contributed by atoms with Crippen LogP contribution in [0.4, 0.5) is 13.6 Å². The summed E-state index contributed by atoms with van der Waals surface area (Å²) in [6, 6.07) is 22.3. The highest BCUT2D eigenvalue weighted by molar-refractivity contribution is 7.62. The maximum Gasteiger partial charge on any atom is 0.415 e. The third-order valence-electron chi connectivity index (χ3n) is 4.70. The largest absolute Gasteiger partial charge is 0.637 e. The molecule has 3 N–H and O–H groups in total. The van der Waals surface area contributed by atoms with Gasteiger partial charge < -0.3 is 14.9 Å². The van der Waals surface area contributed by atoms with Crippen molar-refractivity contribution in [3.63, 3.8) is 0 Å².